The zero-order valence-corrected chi connectivity index (χ0v) is 11.3. The maximum Gasteiger partial charge on any atom is 0.149 e. The van der Waals surface area contributed by atoms with Crippen molar-refractivity contribution >= 4 is 27.4 Å². The molecular weight excluding hydrogens is 280 g/mol. The van der Waals surface area contributed by atoms with E-state index in [2.05, 4.69) is 31.1 Å². The summed E-state index contributed by atoms with van der Waals surface area (Å²) in [7, 11) is 0. The highest BCUT2D eigenvalue weighted by Crippen LogP contribution is 2.31. The molecule has 2 aliphatic rings. The monoisotopic (exact) mass is 296 g/mol. The van der Waals surface area contributed by atoms with Crippen LogP contribution in [0, 0.1) is 0 Å². The molecule has 1 aromatic heterocycles. The lowest BCUT2D eigenvalue weighted by Crippen LogP contribution is -2.34. The Morgan fingerprint density at radius 2 is 2.29 bits per heavy atom. The van der Waals surface area contributed by atoms with Gasteiger partial charge in [-0.3, -0.25) is 4.90 Å². The van der Waals surface area contributed by atoms with Gasteiger partial charge in [0.1, 0.15) is 5.82 Å². The van der Waals surface area contributed by atoms with E-state index in [1.54, 1.807) is 6.20 Å². The number of nitrogens with one attached hydrogen (secondary N) is 1. The smallest absolute Gasteiger partial charge is 0.149 e. The maximum absolute atomic E-state index is 5.97. The molecule has 2 atom stereocenters. The van der Waals surface area contributed by atoms with Crippen LogP contribution >= 0.6 is 15.9 Å². The van der Waals surface area contributed by atoms with Crippen LogP contribution in [0.4, 0.5) is 11.5 Å². The van der Waals surface area contributed by atoms with Crippen LogP contribution in [0.2, 0.25) is 0 Å². The first kappa shape index (κ1) is 11.3. The topological polar surface area (TPSA) is 54.2 Å². The van der Waals surface area contributed by atoms with Gasteiger partial charge in [0, 0.05) is 29.3 Å². The predicted octanol–water partition coefficient (Wildman–Crippen LogP) is 2.07. The van der Waals surface area contributed by atoms with Crippen molar-refractivity contribution in [3.8, 4) is 0 Å². The third kappa shape index (κ3) is 2.13. The lowest BCUT2D eigenvalue weighted by Gasteiger charge is -2.22. The fourth-order valence-electron chi connectivity index (χ4n) is 3.00. The third-order valence-corrected chi connectivity index (χ3v) is 4.25. The molecule has 0 aliphatic carbocycles. The Morgan fingerprint density at radius 1 is 1.41 bits per heavy atom. The van der Waals surface area contributed by atoms with Gasteiger partial charge in [-0.2, -0.15) is 0 Å². The number of halogens is 1. The van der Waals surface area contributed by atoms with Gasteiger partial charge in [-0.1, -0.05) is 0 Å². The number of fused-ring (bicyclic) bond motifs is 1. The summed E-state index contributed by atoms with van der Waals surface area (Å²) in [5.74, 6) is 0.826. The van der Waals surface area contributed by atoms with E-state index in [0.29, 0.717) is 12.1 Å². The first-order valence-electron chi connectivity index (χ1n) is 6.15. The number of nitrogen functional groups attached to an aromatic ring is 1. The molecule has 0 aromatic carbocycles. The summed E-state index contributed by atoms with van der Waals surface area (Å²) >= 11 is 3.38. The van der Waals surface area contributed by atoms with Gasteiger partial charge in [0.2, 0.25) is 0 Å². The van der Waals surface area contributed by atoms with Gasteiger partial charge in [0.15, 0.2) is 0 Å². The Morgan fingerprint density at radius 3 is 3.12 bits per heavy atom. The van der Waals surface area contributed by atoms with Crippen molar-refractivity contribution in [1.29, 1.82) is 0 Å². The second kappa shape index (κ2) is 4.46. The van der Waals surface area contributed by atoms with E-state index in [1.165, 1.54) is 32.4 Å². The van der Waals surface area contributed by atoms with Gasteiger partial charge in [0.05, 0.1) is 5.69 Å². The zero-order valence-electron chi connectivity index (χ0n) is 9.69. The van der Waals surface area contributed by atoms with Gasteiger partial charge in [0.25, 0.3) is 0 Å². The summed E-state index contributed by atoms with van der Waals surface area (Å²) in [5.41, 5.74) is 6.69. The molecule has 0 amide bonds. The van der Waals surface area contributed by atoms with Crippen LogP contribution in [0.25, 0.3) is 0 Å². The summed E-state index contributed by atoms with van der Waals surface area (Å²) in [4.78, 5) is 6.93. The summed E-state index contributed by atoms with van der Waals surface area (Å²) in [6.45, 7) is 2.46. The molecule has 0 bridgehead atoms. The fourth-order valence-corrected chi connectivity index (χ4v) is 3.35. The average molecular weight is 297 g/mol. The van der Waals surface area contributed by atoms with E-state index in [1.807, 2.05) is 6.07 Å². The van der Waals surface area contributed by atoms with Crippen LogP contribution in [0.15, 0.2) is 16.7 Å². The average Bonchev–Trinajstić information content (AvgIpc) is 2.86. The molecule has 0 saturated carbocycles. The normalized spacial score (nSPS) is 28.3. The van der Waals surface area contributed by atoms with Crippen molar-refractivity contribution in [3.05, 3.63) is 16.7 Å². The van der Waals surface area contributed by atoms with Crippen molar-refractivity contribution in [3.63, 3.8) is 0 Å². The Bertz CT molecular complexity index is 423. The minimum Gasteiger partial charge on any atom is -0.396 e. The molecular formula is C12H17BrN4. The highest BCUT2D eigenvalue weighted by Gasteiger charge is 2.37. The minimum absolute atomic E-state index is 0.508. The van der Waals surface area contributed by atoms with Gasteiger partial charge in [-0.05, 0) is 47.8 Å². The highest BCUT2D eigenvalue weighted by atomic mass is 79.9. The second-order valence-corrected chi connectivity index (χ2v) is 5.79. The lowest BCUT2D eigenvalue weighted by atomic mass is 10.1. The molecule has 2 fully saturated rings. The predicted molar refractivity (Wildman–Crippen MR) is 73.0 cm³/mol. The number of pyridine rings is 1. The van der Waals surface area contributed by atoms with Gasteiger partial charge in [-0.15, -0.1) is 0 Å². The van der Waals surface area contributed by atoms with E-state index in [4.69, 9.17) is 5.73 Å². The summed E-state index contributed by atoms with van der Waals surface area (Å²) in [6.07, 6.45) is 5.61. The molecule has 2 saturated heterocycles. The molecule has 3 rings (SSSR count). The Hall–Kier alpha value is -0.810. The number of nitrogens with zero attached hydrogens (tertiary/aromatic N) is 2. The lowest BCUT2D eigenvalue weighted by molar-refractivity contribution is 0.318. The number of anilines is 2. The number of aromatic nitrogens is 1. The van der Waals surface area contributed by atoms with Gasteiger partial charge >= 0.3 is 0 Å². The zero-order chi connectivity index (χ0) is 11.8. The molecule has 4 nitrogen and oxygen atoms in total. The number of hydrogen-bond acceptors (Lipinski definition) is 4. The van der Waals surface area contributed by atoms with Crippen molar-refractivity contribution in [2.24, 2.45) is 0 Å². The maximum atomic E-state index is 5.97. The number of hydrogen-bond donors (Lipinski definition) is 2. The molecule has 1 aromatic rings. The summed E-state index contributed by atoms with van der Waals surface area (Å²) < 4.78 is 0.925. The molecule has 3 N–H and O–H groups in total. The van der Waals surface area contributed by atoms with Crippen LogP contribution in [-0.4, -0.2) is 35.1 Å². The second-order valence-electron chi connectivity index (χ2n) is 4.88. The van der Waals surface area contributed by atoms with Crippen LogP contribution in [0.1, 0.15) is 19.3 Å². The molecule has 0 radical (unpaired) electrons. The van der Waals surface area contributed by atoms with Gasteiger partial charge < -0.3 is 11.1 Å². The molecule has 92 valence electrons. The fraction of sp³-hybridized carbons (Fsp3) is 0.583. The van der Waals surface area contributed by atoms with Gasteiger partial charge in [-0.25, -0.2) is 4.98 Å². The molecule has 5 heteroatoms. The van der Waals surface area contributed by atoms with Crippen molar-refractivity contribution < 1.29 is 0 Å². The van der Waals surface area contributed by atoms with Crippen molar-refractivity contribution in [2.45, 2.75) is 31.3 Å². The van der Waals surface area contributed by atoms with E-state index in [9.17, 15) is 0 Å². The van der Waals surface area contributed by atoms with E-state index in [0.717, 1.165) is 16.0 Å². The molecule has 0 spiro atoms. The first-order chi connectivity index (χ1) is 8.24. The van der Waals surface area contributed by atoms with Crippen LogP contribution in [0.5, 0.6) is 0 Å². The number of nitrogens with two attached hydrogens (primary N) is 1. The third-order valence-electron chi connectivity index (χ3n) is 3.81. The first-order valence-corrected chi connectivity index (χ1v) is 6.95. The summed E-state index contributed by atoms with van der Waals surface area (Å²) in [6, 6.07) is 3.09. The largest absolute Gasteiger partial charge is 0.396 e. The Balaban J connectivity index is 1.74. The Kier molecular flexibility index (Phi) is 2.96. The molecule has 3 heterocycles. The quantitative estimate of drug-likeness (QED) is 0.877. The number of rotatable bonds is 2. The van der Waals surface area contributed by atoms with Crippen LogP contribution in [-0.2, 0) is 0 Å². The van der Waals surface area contributed by atoms with Crippen molar-refractivity contribution in [1.82, 2.24) is 9.88 Å². The Labute approximate surface area is 110 Å². The van der Waals surface area contributed by atoms with E-state index >= 15 is 0 Å². The van der Waals surface area contributed by atoms with E-state index in [-0.39, 0.29) is 0 Å². The standard InChI is InChI=1S/C12H17BrN4/c13-8-6-9(14)12(15-7-8)16-10-3-5-17-4-1-2-11(10)17/h6-7,10-11H,1-5,14H2,(H,15,16). The molecule has 2 aliphatic heterocycles. The summed E-state index contributed by atoms with van der Waals surface area (Å²) in [5, 5.41) is 3.51. The molecule has 17 heavy (non-hydrogen) atoms. The van der Waals surface area contributed by atoms with Crippen LogP contribution in [0.3, 0.4) is 0 Å². The van der Waals surface area contributed by atoms with Crippen LogP contribution < -0.4 is 11.1 Å². The molecule has 2 unspecified atom stereocenters. The van der Waals surface area contributed by atoms with E-state index < -0.39 is 0 Å². The SMILES string of the molecule is Nc1cc(Br)cnc1NC1CCN2CCCC12. The minimum atomic E-state index is 0.508. The highest BCUT2D eigenvalue weighted by molar-refractivity contribution is 9.10. The van der Waals surface area contributed by atoms with Crippen molar-refractivity contribution in [2.75, 3.05) is 24.1 Å².